The molecular weight excluding hydrogens is 407 g/mol. The number of rotatable bonds is 4. The van der Waals surface area contributed by atoms with E-state index in [1.54, 1.807) is 35.7 Å². The predicted octanol–water partition coefficient (Wildman–Crippen LogP) is 4.75. The number of hydrogen-bond donors (Lipinski definition) is 1. The van der Waals surface area contributed by atoms with Crippen molar-refractivity contribution >= 4 is 29.0 Å². The molecular formula is C22H24ClFN4O2. The molecule has 2 aromatic heterocycles. The summed E-state index contributed by atoms with van der Waals surface area (Å²) < 4.78 is 16.9. The summed E-state index contributed by atoms with van der Waals surface area (Å²) in [6.45, 7) is 6.66. The van der Waals surface area contributed by atoms with Crippen molar-refractivity contribution in [1.82, 2.24) is 14.6 Å². The Hall–Kier alpha value is -2.67. The largest absolute Gasteiger partial charge is 0.481 e. The van der Waals surface area contributed by atoms with Gasteiger partial charge >= 0.3 is 5.97 Å². The van der Waals surface area contributed by atoms with Crippen LogP contribution in [-0.4, -0.2) is 38.8 Å². The first-order chi connectivity index (χ1) is 14.2. The summed E-state index contributed by atoms with van der Waals surface area (Å²) in [6, 6.07) is 6.84. The van der Waals surface area contributed by atoms with E-state index in [-0.39, 0.29) is 11.3 Å². The van der Waals surface area contributed by atoms with E-state index in [0.717, 1.165) is 23.5 Å². The van der Waals surface area contributed by atoms with Crippen molar-refractivity contribution in [2.24, 2.45) is 5.41 Å². The molecule has 1 aliphatic rings. The van der Waals surface area contributed by atoms with Gasteiger partial charge in [-0.15, -0.1) is 0 Å². The Morgan fingerprint density at radius 1 is 1.33 bits per heavy atom. The van der Waals surface area contributed by atoms with Crippen LogP contribution in [0.1, 0.15) is 37.9 Å². The molecule has 1 fully saturated rings. The van der Waals surface area contributed by atoms with Crippen LogP contribution in [0.25, 0.3) is 16.9 Å². The number of halogens is 2. The van der Waals surface area contributed by atoms with E-state index < -0.39 is 17.2 Å². The van der Waals surface area contributed by atoms with Gasteiger partial charge in [-0.2, -0.15) is 9.61 Å². The number of carboxylic acids is 1. The van der Waals surface area contributed by atoms with Crippen LogP contribution in [0.4, 0.5) is 10.2 Å². The van der Waals surface area contributed by atoms with E-state index in [9.17, 15) is 9.90 Å². The molecule has 4 rings (SSSR count). The minimum atomic E-state index is -0.864. The number of hydrogen-bond acceptors (Lipinski definition) is 4. The van der Waals surface area contributed by atoms with Crippen LogP contribution < -0.4 is 4.90 Å². The molecule has 8 heteroatoms. The average molecular weight is 431 g/mol. The molecule has 1 unspecified atom stereocenters. The lowest BCUT2D eigenvalue weighted by Crippen LogP contribution is -2.47. The summed E-state index contributed by atoms with van der Waals surface area (Å²) in [6.07, 6.45) is 2.03. The smallest absolute Gasteiger partial charge is 0.311 e. The van der Waals surface area contributed by atoms with Crippen LogP contribution in [0.5, 0.6) is 0 Å². The van der Waals surface area contributed by atoms with E-state index >= 15 is 4.39 Å². The van der Waals surface area contributed by atoms with E-state index in [2.05, 4.69) is 10.1 Å². The normalized spacial score (nSPS) is 19.4. The molecule has 30 heavy (non-hydrogen) atoms. The minimum Gasteiger partial charge on any atom is -0.481 e. The quantitative estimate of drug-likeness (QED) is 0.646. The summed E-state index contributed by atoms with van der Waals surface area (Å²) in [4.78, 5) is 18.4. The van der Waals surface area contributed by atoms with Crippen molar-refractivity contribution in [3.05, 3.63) is 46.4 Å². The zero-order valence-corrected chi connectivity index (χ0v) is 18.0. The highest BCUT2D eigenvalue weighted by molar-refractivity contribution is 6.30. The van der Waals surface area contributed by atoms with Crippen LogP contribution in [0.15, 0.2) is 24.3 Å². The third-order valence-electron chi connectivity index (χ3n) is 5.97. The van der Waals surface area contributed by atoms with Crippen molar-refractivity contribution in [3.8, 4) is 11.3 Å². The lowest BCUT2D eigenvalue weighted by Gasteiger charge is -2.39. The number of aryl methyl sites for hydroxylation is 1. The number of carboxylic acid groups (broad SMARTS) is 1. The van der Waals surface area contributed by atoms with Crippen LogP contribution in [-0.2, 0) is 11.2 Å². The number of carbonyl (C=O) groups is 1. The first-order valence-electron chi connectivity index (χ1n) is 10.1. The summed E-state index contributed by atoms with van der Waals surface area (Å²) in [5.41, 5.74) is 1.76. The maximum absolute atomic E-state index is 15.4. The Labute approximate surface area is 179 Å². The van der Waals surface area contributed by atoms with Gasteiger partial charge in [0.2, 0.25) is 0 Å². The number of nitrogens with zero attached hydrogens (tertiary/aromatic N) is 4. The molecule has 3 heterocycles. The predicted molar refractivity (Wildman–Crippen MR) is 115 cm³/mol. The number of aliphatic carboxylic acids is 1. The second kappa shape index (κ2) is 7.54. The van der Waals surface area contributed by atoms with Crippen LogP contribution in [0.3, 0.4) is 0 Å². The Morgan fingerprint density at radius 2 is 2.03 bits per heavy atom. The first kappa shape index (κ1) is 20.6. The zero-order chi connectivity index (χ0) is 21.6. The molecule has 0 radical (unpaired) electrons. The van der Waals surface area contributed by atoms with Gasteiger partial charge in [-0.25, -0.2) is 9.37 Å². The van der Waals surface area contributed by atoms with Gasteiger partial charge in [-0.3, -0.25) is 4.79 Å². The highest BCUT2D eigenvalue weighted by Crippen LogP contribution is 2.36. The average Bonchev–Trinajstić information content (AvgIpc) is 3.03. The maximum Gasteiger partial charge on any atom is 0.311 e. The Morgan fingerprint density at radius 3 is 2.67 bits per heavy atom. The molecule has 1 saturated heterocycles. The second-order valence-corrected chi connectivity index (χ2v) is 8.59. The third-order valence-corrected chi connectivity index (χ3v) is 6.22. The third kappa shape index (κ3) is 3.31. The van der Waals surface area contributed by atoms with Crippen LogP contribution >= 0.6 is 11.6 Å². The van der Waals surface area contributed by atoms with E-state index in [1.807, 2.05) is 18.7 Å². The summed E-state index contributed by atoms with van der Waals surface area (Å²) >= 11 is 5.97. The Bertz CT molecular complexity index is 1130. The van der Waals surface area contributed by atoms with E-state index in [1.165, 1.54) is 0 Å². The summed E-state index contributed by atoms with van der Waals surface area (Å²) in [5, 5.41) is 14.9. The molecule has 1 atom stereocenters. The Kier molecular flexibility index (Phi) is 5.18. The number of anilines is 1. The van der Waals surface area contributed by atoms with Gasteiger partial charge in [0, 0.05) is 34.9 Å². The zero-order valence-electron chi connectivity index (χ0n) is 17.2. The molecule has 158 valence electrons. The van der Waals surface area contributed by atoms with E-state index in [0.29, 0.717) is 36.5 Å². The topological polar surface area (TPSA) is 70.7 Å². The number of benzene rings is 1. The van der Waals surface area contributed by atoms with Crippen molar-refractivity contribution in [3.63, 3.8) is 0 Å². The number of aromatic nitrogens is 3. The Balaban J connectivity index is 1.92. The lowest BCUT2D eigenvalue weighted by molar-refractivity contribution is -0.148. The first-order valence-corrected chi connectivity index (χ1v) is 10.4. The van der Waals surface area contributed by atoms with E-state index in [4.69, 9.17) is 11.6 Å². The van der Waals surface area contributed by atoms with Gasteiger partial charge < -0.3 is 10.0 Å². The molecule has 0 aliphatic carbocycles. The molecule has 1 aliphatic heterocycles. The highest BCUT2D eigenvalue weighted by atomic mass is 35.5. The molecule has 0 saturated carbocycles. The van der Waals surface area contributed by atoms with Crippen molar-refractivity contribution in [1.29, 1.82) is 0 Å². The molecule has 1 N–H and O–H groups in total. The molecule has 0 bridgehead atoms. The van der Waals surface area contributed by atoms with Gasteiger partial charge in [0.15, 0.2) is 11.5 Å². The minimum absolute atomic E-state index is 0.146. The van der Waals surface area contributed by atoms with Crippen molar-refractivity contribution < 1.29 is 14.3 Å². The fourth-order valence-electron chi connectivity index (χ4n) is 4.28. The fourth-order valence-corrected chi connectivity index (χ4v) is 4.40. The van der Waals surface area contributed by atoms with Crippen molar-refractivity contribution in [2.45, 2.75) is 40.0 Å². The standard InChI is InChI=1S/C22H24ClFN4O2/c1-4-16-13(2)25-19-17(24)18(14-6-8-15(23)9-7-14)26-28(19)20(16)27-11-5-10-22(3,12-27)21(29)30/h6-9H,4-5,10-12H2,1-3H3,(H,29,30). The molecule has 0 amide bonds. The lowest BCUT2D eigenvalue weighted by atomic mass is 9.82. The van der Waals surface area contributed by atoms with Crippen molar-refractivity contribution in [2.75, 3.05) is 18.0 Å². The number of piperidine rings is 1. The van der Waals surface area contributed by atoms with Crippen LogP contribution in [0.2, 0.25) is 5.02 Å². The fraction of sp³-hybridized carbons (Fsp3) is 0.409. The maximum atomic E-state index is 15.4. The van der Waals surface area contributed by atoms with Gasteiger partial charge in [0.1, 0.15) is 11.5 Å². The molecule has 3 aromatic rings. The van der Waals surface area contributed by atoms with Gasteiger partial charge in [0.25, 0.3) is 0 Å². The number of fused-ring (bicyclic) bond motifs is 1. The molecule has 1 aromatic carbocycles. The highest BCUT2D eigenvalue weighted by Gasteiger charge is 2.39. The van der Waals surface area contributed by atoms with Gasteiger partial charge in [0.05, 0.1) is 5.41 Å². The van der Waals surface area contributed by atoms with Crippen LogP contribution in [0, 0.1) is 18.2 Å². The summed E-state index contributed by atoms with van der Waals surface area (Å²) in [5.74, 6) is -0.589. The SMILES string of the molecule is CCc1c(C)nc2c(F)c(-c3ccc(Cl)cc3)nn2c1N1CCCC(C)(C(=O)O)C1. The second-order valence-electron chi connectivity index (χ2n) is 8.15. The monoisotopic (exact) mass is 430 g/mol. The van der Waals surface area contributed by atoms with Gasteiger partial charge in [-0.1, -0.05) is 30.7 Å². The van der Waals surface area contributed by atoms with Gasteiger partial charge in [-0.05, 0) is 45.2 Å². The molecule has 6 nitrogen and oxygen atoms in total. The summed E-state index contributed by atoms with van der Waals surface area (Å²) in [7, 11) is 0. The molecule has 0 spiro atoms.